The van der Waals surface area contributed by atoms with E-state index in [0.29, 0.717) is 0 Å². The molecule has 15 heavy (non-hydrogen) atoms. The SMILES string of the molecule is CNC(Cc1ccoc1)c1coc(C)c1. The molecule has 0 fully saturated rings. The number of nitrogens with one attached hydrogen (secondary N) is 1. The normalized spacial score (nSPS) is 12.9. The van der Waals surface area contributed by atoms with E-state index in [9.17, 15) is 0 Å². The van der Waals surface area contributed by atoms with Crippen LogP contribution in [-0.2, 0) is 6.42 Å². The fourth-order valence-corrected chi connectivity index (χ4v) is 1.68. The highest BCUT2D eigenvalue weighted by atomic mass is 16.3. The van der Waals surface area contributed by atoms with E-state index in [4.69, 9.17) is 8.83 Å². The minimum Gasteiger partial charge on any atom is -0.472 e. The smallest absolute Gasteiger partial charge is 0.101 e. The van der Waals surface area contributed by atoms with Gasteiger partial charge in [-0.3, -0.25) is 0 Å². The topological polar surface area (TPSA) is 38.3 Å². The van der Waals surface area contributed by atoms with Crippen LogP contribution < -0.4 is 5.32 Å². The predicted molar refractivity (Wildman–Crippen MR) is 57.7 cm³/mol. The van der Waals surface area contributed by atoms with Crippen molar-refractivity contribution < 1.29 is 8.83 Å². The van der Waals surface area contributed by atoms with Crippen LogP contribution in [0.4, 0.5) is 0 Å². The second-order valence-electron chi connectivity index (χ2n) is 3.67. The third-order valence-corrected chi connectivity index (χ3v) is 2.52. The van der Waals surface area contributed by atoms with Crippen molar-refractivity contribution >= 4 is 0 Å². The van der Waals surface area contributed by atoms with Gasteiger partial charge in [-0.05, 0) is 38.1 Å². The molecule has 0 spiro atoms. The monoisotopic (exact) mass is 205 g/mol. The molecule has 0 saturated heterocycles. The molecule has 0 aromatic carbocycles. The van der Waals surface area contributed by atoms with Gasteiger partial charge >= 0.3 is 0 Å². The van der Waals surface area contributed by atoms with Crippen molar-refractivity contribution in [1.82, 2.24) is 5.32 Å². The second kappa shape index (κ2) is 4.36. The molecule has 0 amide bonds. The molecule has 2 aromatic heterocycles. The highest BCUT2D eigenvalue weighted by Crippen LogP contribution is 2.20. The molecule has 3 heteroatoms. The zero-order valence-electron chi connectivity index (χ0n) is 8.99. The second-order valence-corrected chi connectivity index (χ2v) is 3.67. The molecular formula is C12H15NO2. The van der Waals surface area contributed by atoms with Gasteiger partial charge in [0.1, 0.15) is 5.76 Å². The van der Waals surface area contributed by atoms with E-state index in [1.54, 1.807) is 18.8 Å². The Labute approximate surface area is 89.1 Å². The van der Waals surface area contributed by atoms with E-state index in [1.165, 1.54) is 11.1 Å². The van der Waals surface area contributed by atoms with Gasteiger partial charge in [0.2, 0.25) is 0 Å². The summed E-state index contributed by atoms with van der Waals surface area (Å²) in [5, 5.41) is 3.27. The van der Waals surface area contributed by atoms with Crippen molar-refractivity contribution in [2.75, 3.05) is 7.05 Å². The quantitative estimate of drug-likeness (QED) is 0.834. The van der Waals surface area contributed by atoms with Crippen molar-refractivity contribution in [3.63, 3.8) is 0 Å². The Hall–Kier alpha value is -1.48. The van der Waals surface area contributed by atoms with Crippen LogP contribution in [0.25, 0.3) is 0 Å². The Bertz CT molecular complexity index is 403. The van der Waals surface area contributed by atoms with E-state index in [-0.39, 0.29) is 6.04 Å². The van der Waals surface area contributed by atoms with Crippen LogP contribution in [0.3, 0.4) is 0 Å². The molecule has 80 valence electrons. The first-order chi connectivity index (χ1) is 7.29. The van der Waals surface area contributed by atoms with Crippen LogP contribution in [0.1, 0.15) is 22.9 Å². The molecule has 1 unspecified atom stereocenters. The van der Waals surface area contributed by atoms with Crippen molar-refractivity contribution in [2.45, 2.75) is 19.4 Å². The van der Waals surface area contributed by atoms with Crippen LogP contribution >= 0.6 is 0 Å². The Morgan fingerprint density at radius 2 is 2.27 bits per heavy atom. The van der Waals surface area contributed by atoms with Crippen molar-refractivity contribution in [2.24, 2.45) is 0 Å². The highest BCUT2D eigenvalue weighted by Gasteiger charge is 2.12. The van der Waals surface area contributed by atoms with Crippen molar-refractivity contribution in [3.05, 3.63) is 47.8 Å². The summed E-state index contributed by atoms with van der Waals surface area (Å²) in [6, 6.07) is 4.32. The molecule has 1 atom stereocenters. The minimum atomic E-state index is 0.278. The number of furan rings is 2. The minimum absolute atomic E-state index is 0.278. The summed E-state index contributed by atoms with van der Waals surface area (Å²) >= 11 is 0. The molecule has 3 nitrogen and oxygen atoms in total. The van der Waals surface area contributed by atoms with E-state index < -0.39 is 0 Å². The van der Waals surface area contributed by atoms with E-state index in [1.807, 2.05) is 20.0 Å². The summed E-state index contributed by atoms with van der Waals surface area (Å²) in [7, 11) is 1.95. The third kappa shape index (κ3) is 2.30. The summed E-state index contributed by atoms with van der Waals surface area (Å²) < 4.78 is 10.4. The van der Waals surface area contributed by atoms with Gasteiger partial charge in [0, 0.05) is 11.6 Å². The maximum absolute atomic E-state index is 5.30. The molecule has 0 radical (unpaired) electrons. The van der Waals surface area contributed by atoms with Crippen LogP contribution in [0, 0.1) is 6.92 Å². The van der Waals surface area contributed by atoms with Gasteiger partial charge in [0.05, 0.1) is 18.8 Å². The van der Waals surface area contributed by atoms with Gasteiger partial charge in [0.25, 0.3) is 0 Å². The van der Waals surface area contributed by atoms with Gasteiger partial charge in [-0.2, -0.15) is 0 Å². The Morgan fingerprint density at radius 1 is 1.40 bits per heavy atom. The zero-order valence-corrected chi connectivity index (χ0v) is 8.99. The van der Waals surface area contributed by atoms with E-state index >= 15 is 0 Å². The van der Waals surface area contributed by atoms with Crippen molar-refractivity contribution in [1.29, 1.82) is 0 Å². The number of hydrogen-bond acceptors (Lipinski definition) is 3. The molecule has 1 N–H and O–H groups in total. The predicted octanol–water partition coefficient (Wildman–Crippen LogP) is 2.68. The molecular weight excluding hydrogens is 190 g/mol. The lowest BCUT2D eigenvalue weighted by Gasteiger charge is -2.12. The van der Waals surface area contributed by atoms with Crippen LogP contribution in [-0.4, -0.2) is 7.05 Å². The number of rotatable bonds is 4. The lowest BCUT2D eigenvalue weighted by molar-refractivity contribution is 0.518. The lowest BCUT2D eigenvalue weighted by Crippen LogP contribution is -2.17. The van der Waals surface area contributed by atoms with E-state index in [2.05, 4.69) is 11.4 Å². The molecule has 2 rings (SSSR count). The Balaban J connectivity index is 2.11. The maximum Gasteiger partial charge on any atom is 0.101 e. The van der Waals surface area contributed by atoms with Crippen LogP contribution in [0.15, 0.2) is 39.8 Å². The first kappa shape index (κ1) is 10.1. The average molecular weight is 205 g/mol. The molecule has 2 aromatic rings. The zero-order chi connectivity index (χ0) is 10.7. The van der Waals surface area contributed by atoms with E-state index in [0.717, 1.165) is 12.2 Å². The summed E-state index contributed by atoms with van der Waals surface area (Å²) in [6.07, 6.45) is 6.18. The summed E-state index contributed by atoms with van der Waals surface area (Å²) in [4.78, 5) is 0. The highest BCUT2D eigenvalue weighted by molar-refractivity contribution is 5.20. The van der Waals surface area contributed by atoms with Crippen molar-refractivity contribution in [3.8, 4) is 0 Å². The summed E-state index contributed by atoms with van der Waals surface area (Å²) in [5.74, 6) is 0.942. The van der Waals surface area contributed by atoms with Crippen LogP contribution in [0.5, 0.6) is 0 Å². The standard InChI is InChI=1S/C12H15NO2/c1-9-5-11(8-15-9)12(13-2)6-10-3-4-14-7-10/h3-5,7-8,12-13H,6H2,1-2H3. The Kier molecular flexibility index (Phi) is 2.92. The first-order valence-corrected chi connectivity index (χ1v) is 5.03. The van der Waals surface area contributed by atoms with Gasteiger partial charge in [-0.15, -0.1) is 0 Å². The molecule has 0 bridgehead atoms. The molecule has 0 aliphatic heterocycles. The third-order valence-electron chi connectivity index (χ3n) is 2.52. The van der Waals surface area contributed by atoms with Gasteiger partial charge in [-0.1, -0.05) is 0 Å². The first-order valence-electron chi connectivity index (χ1n) is 5.03. The maximum atomic E-state index is 5.30. The fraction of sp³-hybridized carbons (Fsp3) is 0.333. The summed E-state index contributed by atoms with van der Waals surface area (Å²) in [6.45, 7) is 1.95. The number of likely N-dealkylation sites (N-methyl/N-ethyl adjacent to an activating group) is 1. The molecule has 0 aliphatic rings. The fourth-order valence-electron chi connectivity index (χ4n) is 1.68. The largest absolute Gasteiger partial charge is 0.472 e. The number of aryl methyl sites for hydroxylation is 1. The van der Waals surface area contributed by atoms with Crippen LogP contribution in [0.2, 0.25) is 0 Å². The van der Waals surface area contributed by atoms with Gasteiger partial charge < -0.3 is 14.2 Å². The molecule has 0 aliphatic carbocycles. The molecule has 0 saturated carbocycles. The Morgan fingerprint density at radius 3 is 2.80 bits per heavy atom. The van der Waals surface area contributed by atoms with Gasteiger partial charge in [0.15, 0.2) is 0 Å². The summed E-state index contributed by atoms with van der Waals surface area (Å²) in [5.41, 5.74) is 2.37. The lowest BCUT2D eigenvalue weighted by atomic mass is 10.0. The average Bonchev–Trinajstić information content (AvgIpc) is 2.85. The number of hydrogen-bond donors (Lipinski definition) is 1. The van der Waals surface area contributed by atoms with Gasteiger partial charge in [-0.25, -0.2) is 0 Å². The molecule has 2 heterocycles.